The van der Waals surface area contributed by atoms with E-state index < -0.39 is 54.1 Å². The molecule has 2 N–H and O–H groups in total. The maximum absolute atomic E-state index is 14.5. The Kier molecular flexibility index (Phi) is 8.68. The van der Waals surface area contributed by atoms with Gasteiger partial charge >= 0.3 is 0 Å². The summed E-state index contributed by atoms with van der Waals surface area (Å²) in [6.07, 6.45) is -0.676. The zero-order valence-electron chi connectivity index (χ0n) is 22.3. The molecule has 3 atom stereocenters. The zero-order valence-corrected chi connectivity index (χ0v) is 22.3. The first-order valence-electron chi connectivity index (χ1n) is 13.4. The second-order valence-electron chi connectivity index (χ2n) is 10.6. The van der Waals surface area contributed by atoms with Crippen LogP contribution in [0.2, 0.25) is 0 Å². The number of alkyl halides is 4. The van der Waals surface area contributed by atoms with Crippen molar-refractivity contribution in [1.82, 2.24) is 14.8 Å². The van der Waals surface area contributed by atoms with Gasteiger partial charge in [-0.3, -0.25) is 9.59 Å². The third-order valence-corrected chi connectivity index (χ3v) is 7.91. The van der Waals surface area contributed by atoms with Gasteiger partial charge in [0.15, 0.2) is 0 Å². The van der Waals surface area contributed by atoms with Crippen molar-refractivity contribution in [1.29, 1.82) is 0 Å². The highest BCUT2D eigenvalue weighted by molar-refractivity contribution is 5.99. The van der Waals surface area contributed by atoms with E-state index in [0.29, 0.717) is 11.8 Å². The summed E-state index contributed by atoms with van der Waals surface area (Å²) in [6.45, 7) is 5.40. The summed E-state index contributed by atoms with van der Waals surface area (Å²) in [4.78, 5) is 28.4. The second kappa shape index (κ2) is 11.7. The highest BCUT2D eigenvalue weighted by Crippen LogP contribution is 2.45. The Morgan fingerprint density at radius 2 is 1.77 bits per heavy atom. The maximum Gasteiger partial charge on any atom is 0.266 e. The van der Waals surface area contributed by atoms with Crippen molar-refractivity contribution in [2.24, 2.45) is 11.8 Å². The van der Waals surface area contributed by atoms with Gasteiger partial charge < -0.3 is 20.1 Å². The molecule has 2 saturated carbocycles. The third-order valence-electron chi connectivity index (χ3n) is 7.91. The normalized spacial score (nSPS) is 24.1. The van der Waals surface area contributed by atoms with Gasteiger partial charge in [-0.15, -0.1) is 0 Å². The number of carbonyl (C=O) groups is 1. The van der Waals surface area contributed by atoms with Crippen molar-refractivity contribution in [3.8, 4) is 0 Å². The van der Waals surface area contributed by atoms with Crippen LogP contribution in [0.3, 0.4) is 0 Å². The Balaban J connectivity index is 0.00000172. The average molecular weight is 555 g/mol. The smallest absolute Gasteiger partial charge is 0.266 e. The van der Waals surface area contributed by atoms with E-state index in [1.165, 1.54) is 24.4 Å². The summed E-state index contributed by atoms with van der Waals surface area (Å²) in [5.41, 5.74) is -1.00. The molecule has 0 spiro atoms. The standard InChI is InChI=1S/C26H29F5N4O2.C2H6/c1-34-11-15-5-6-16(12-34)23(15)33-20-7-21(36)35(17-8-26(30,31)9-17)13-19(20)25(37)32-10-14-3-2-4-18(22(14)27)24(28)29;1-2/h2-4,7,13,15-17,23-24,33H,5-6,8-12H2,1H3,(H,32,37);1-2H3/t15-,16?,23?;/m0./s1. The average Bonchev–Trinajstić information content (AvgIpc) is 3.10. The lowest BCUT2D eigenvalue weighted by molar-refractivity contribution is -0.104. The first-order chi connectivity index (χ1) is 18.5. The first-order valence-corrected chi connectivity index (χ1v) is 13.4. The highest BCUT2D eigenvalue weighted by Gasteiger charge is 2.47. The minimum Gasteiger partial charge on any atom is -0.381 e. The summed E-state index contributed by atoms with van der Waals surface area (Å²) >= 11 is 0. The fraction of sp³-hybridized carbons (Fsp3) is 0.571. The van der Waals surface area contributed by atoms with Crippen LogP contribution in [-0.4, -0.2) is 47.5 Å². The Labute approximate surface area is 224 Å². The van der Waals surface area contributed by atoms with Crippen molar-refractivity contribution in [2.45, 2.75) is 70.5 Å². The van der Waals surface area contributed by atoms with E-state index >= 15 is 0 Å². The number of aromatic nitrogens is 1. The molecule has 11 heteroatoms. The molecule has 5 rings (SSSR count). The van der Waals surface area contributed by atoms with Gasteiger partial charge in [0, 0.05) is 62.4 Å². The summed E-state index contributed by atoms with van der Waals surface area (Å²) in [5, 5.41) is 5.93. The molecule has 39 heavy (non-hydrogen) atoms. The maximum atomic E-state index is 14.5. The van der Waals surface area contributed by atoms with Crippen LogP contribution in [0.15, 0.2) is 35.3 Å². The van der Waals surface area contributed by atoms with Crippen molar-refractivity contribution >= 4 is 11.6 Å². The van der Waals surface area contributed by atoms with E-state index in [9.17, 15) is 31.5 Å². The number of anilines is 1. The molecule has 6 nitrogen and oxygen atoms in total. The van der Waals surface area contributed by atoms with E-state index in [1.807, 2.05) is 13.8 Å². The molecule has 2 aliphatic carbocycles. The minimum absolute atomic E-state index is 0.0474. The molecule has 3 aliphatic rings. The molecule has 2 unspecified atom stereocenters. The van der Waals surface area contributed by atoms with Crippen LogP contribution in [0.4, 0.5) is 27.6 Å². The van der Waals surface area contributed by atoms with Crippen LogP contribution in [0.5, 0.6) is 0 Å². The number of nitrogens with one attached hydrogen (secondary N) is 2. The van der Waals surface area contributed by atoms with Crippen LogP contribution in [0.25, 0.3) is 0 Å². The van der Waals surface area contributed by atoms with Gasteiger partial charge in [-0.25, -0.2) is 22.0 Å². The summed E-state index contributed by atoms with van der Waals surface area (Å²) < 4.78 is 68.8. The molecule has 2 bridgehead atoms. The molecule has 1 aromatic carbocycles. The van der Waals surface area contributed by atoms with E-state index in [4.69, 9.17) is 0 Å². The van der Waals surface area contributed by atoms with Crippen molar-refractivity contribution in [2.75, 3.05) is 25.5 Å². The van der Waals surface area contributed by atoms with Crippen molar-refractivity contribution < 1.29 is 26.7 Å². The van der Waals surface area contributed by atoms with Gasteiger partial charge in [0.1, 0.15) is 5.82 Å². The van der Waals surface area contributed by atoms with E-state index in [2.05, 4.69) is 22.6 Å². The van der Waals surface area contributed by atoms with Gasteiger partial charge in [-0.1, -0.05) is 32.0 Å². The van der Waals surface area contributed by atoms with Crippen molar-refractivity contribution in [3.05, 3.63) is 63.3 Å². The monoisotopic (exact) mass is 554 g/mol. The summed E-state index contributed by atoms with van der Waals surface area (Å²) in [7, 11) is 2.05. The fourth-order valence-electron chi connectivity index (χ4n) is 6.01. The van der Waals surface area contributed by atoms with E-state index in [0.717, 1.165) is 36.6 Å². The molecule has 1 aromatic heterocycles. The molecule has 1 saturated heterocycles. The predicted octanol–water partition coefficient (Wildman–Crippen LogP) is 5.60. The molecule has 3 fully saturated rings. The Bertz CT molecular complexity index is 1230. The number of benzene rings is 1. The van der Waals surface area contributed by atoms with Crippen molar-refractivity contribution in [3.63, 3.8) is 0 Å². The lowest BCUT2D eigenvalue weighted by Crippen LogP contribution is -2.47. The molecule has 0 radical (unpaired) electrons. The predicted molar refractivity (Wildman–Crippen MR) is 139 cm³/mol. The molecule has 2 heterocycles. The first kappa shape index (κ1) is 29.0. The van der Waals surface area contributed by atoms with Gasteiger partial charge in [0.2, 0.25) is 0 Å². The topological polar surface area (TPSA) is 66.4 Å². The molecule has 214 valence electrons. The molecule has 2 aromatic rings. The number of fused-ring (bicyclic) bond motifs is 2. The van der Waals surface area contributed by atoms with Gasteiger partial charge in [-0.2, -0.15) is 0 Å². The number of halogens is 5. The number of piperidine rings is 1. The lowest BCUT2D eigenvalue weighted by atomic mass is 9.87. The number of nitrogens with zero attached hydrogens (tertiary/aromatic N) is 2. The Hall–Kier alpha value is -2.95. The van der Waals surface area contributed by atoms with Gasteiger partial charge in [0.25, 0.3) is 23.8 Å². The number of carbonyl (C=O) groups excluding carboxylic acids is 1. The Morgan fingerprint density at radius 1 is 1.13 bits per heavy atom. The largest absolute Gasteiger partial charge is 0.381 e. The number of hydrogen-bond acceptors (Lipinski definition) is 4. The lowest BCUT2D eigenvalue weighted by Gasteiger charge is -2.38. The highest BCUT2D eigenvalue weighted by atomic mass is 19.3. The zero-order chi connectivity index (χ0) is 28.5. The number of pyridine rings is 1. The van der Waals surface area contributed by atoms with Crippen LogP contribution < -0.4 is 16.2 Å². The molecular weight excluding hydrogens is 519 g/mol. The molecular formula is C28H35F5N4O2. The van der Waals surface area contributed by atoms with E-state index in [1.54, 1.807) is 0 Å². The van der Waals surface area contributed by atoms with Crippen LogP contribution in [-0.2, 0) is 6.54 Å². The molecule has 1 amide bonds. The SMILES string of the molecule is CC.CN1CC2CC[C@@H](C1)C2Nc1cc(=O)n(C2CC(F)(F)C2)cc1C(=O)NCc1cccc(C(F)F)c1F. The fourth-order valence-corrected chi connectivity index (χ4v) is 6.01. The quantitative estimate of drug-likeness (QED) is 0.437. The number of hydrogen-bond donors (Lipinski definition) is 2. The van der Waals surface area contributed by atoms with Crippen LogP contribution in [0, 0.1) is 17.7 Å². The van der Waals surface area contributed by atoms with Gasteiger partial charge in [-0.05, 0) is 31.7 Å². The third kappa shape index (κ3) is 6.13. The molecule has 1 aliphatic heterocycles. The number of likely N-dealkylation sites (tertiary alicyclic amines) is 1. The summed E-state index contributed by atoms with van der Waals surface area (Å²) in [6, 6.07) is 4.14. The summed E-state index contributed by atoms with van der Waals surface area (Å²) in [5.74, 6) is -3.95. The Morgan fingerprint density at radius 3 is 2.36 bits per heavy atom. The van der Waals surface area contributed by atoms with Crippen LogP contribution >= 0.6 is 0 Å². The minimum atomic E-state index is -3.00. The van der Waals surface area contributed by atoms with Gasteiger partial charge in [0.05, 0.1) is 16.8 Å². The van der Waals surface area contributed by atoms with Crippen LogP contribution in [0.1, 0.15) is 73.5 Å². The number of rotatable bonds is 7. The number of amides is 1. The van der Waals surface area contributed by atoms with E-state index in [-0.39, 0.29) is 29.4 Å². The second-order valence-corrected chi connectivity index (χ2v) is 10.6.